The van der Waals surface area contributed by atoms with Gasteiger partial charge < -0.3 is 16.0 Å². The molecule has 1 saturated heterocycles. The normalized spacial score (nSPS) is 21.9. The fourth-order valence-electron chi connectivity index (χ4n) is 4.78. The number of carbonyl (C=O) groups excluding carboxylic acids is 2. The Morgan fingerprint density at radius 2 is 1.82 bits per heavy atom. The fourth-order valence-corrected chi connectivity index (χ4v) is 4.78. The van der Waals surface area contributed by atoms with E-state index in [-0.39, 0.29) is 24.4 Å². The van der Waals surface area contributed by atoms with Crippen LogP contribution in [0.15, 0.2) is 24.5 Å². The van der Waals surface area contributed by atoms with Crippen molar-refractivity contribution in [1.82, 2.24) is 25.5 Å². The van der Waals surface area contributed by atoms with Crippen molar-refractivity contribution in [3.05, 3.63) is 30.1 Å². The van der Waals surface area contributed by atoms with Crippen LogP contribution in [0.5, 0.6) is 0 Å². The van der Waals surface area contributed by atoms with Crippen molar-refractivity contribution >= 4 is 28.5 Å². The molecule has 33 heavy (non-hydrogen) atoms. The minimum atomic E-state index is -1.47. The Balaban J connectivity index is 1.24. The van der Waals surface area contributed by atoms with Gasteiger partial charge in [0, 0.05) is 37.5 Å². The maximum Gasteiger partial charge on any atom is 0.239 e. The molecule has 9 heteroatoms. The Bertz CT molecular complexity index is 1010. The van der Waals surface area contributed by atoms with Crippen LogP contribution in [0.4, 0.5) is 10.2 Å². The number of fused-ring (bicyclic) bond motifs is 1. The van der Waals surface area contributed by atoms with Crippen molar-refractivity contribution in [2.24, 2.45) is 0 Å². The molecular formula is C24H33FN6O2. The highest BCUT2D eigenvalue weighted by Crippen LogP contribution is 2.29. The summed E-state index contributed by atoms with van der Waals surface area (Å²) in [5, 5.41) is 9.86. The number of nitrogens with zero attached hydrogens (tertiary/aromatic N) is 3. The number of alkyl halides is 1. The van der Waals surface area contributed by atoms with Gasteiger partial charge in [0.05, 0.1) is 18.1 Å². The molecule has 0 radical (unpaired) electrons. The lowest BCUT2D eigenvalue weighted by atomic mass is 9.88. The van der Waals surface area contributed by atoms with Crippen molar-refractivity contribution in [3.63, 3.8) is 0 Å². The molecule has 0 spiro atoms. The SMILES string of the molecule is CC(=O)NC1CCC(N2CC(NC(=O)CNc3ncnc4ccc(C(C)(C)F)cc34)C2)CC1. The third kappa shape index (κ3) is 5.76. The van der Waals surface area contributed by atoms with E-state index in [0.717, 1.165) is 38.8 Å². The molecule has 0 unspecified atom stereocenters. The van der Waals surface area contributed by atoms with Crippen LogP contribution < -0.4 is 16.0 Å². The first-order valence-corrected chi connectivity index (χ1v) is 11.7. The predicted molar refractivity (Wildman–Crippen MR) is 126 cm³/mol. The van der Waals surface area contributed by atoms with Crippen LogP contribution in [0.2, 0.25) is 0 Å². The van der Waals surface area contributed by atoms with Gasteiger partial charge in [-0.05, 0) is 57.2 Å². The summed E-state index contributed by atoms with van der Waals surface area (Å²) >= 11 is 0. The summed E-state index contributed by atoms with van der Waals surface area (Å²) in [6.45, 7) is 6.38. The third-order valence-corrected chi connectivity index (χ3v) is 6.63. The number of benzene rings is 1. The molecule has 3 N–H and O–H groups in total. The van der Waals surface area contributed by atoms with E-state index in [9.17, 15) is 14.0 Å². The zero-order valence-corrected chi connectivity index (χ0v) is 19.5. The van der Waals surface area contributed by atoms with Gasteiger partial charge in [0.15, 0.2) is 0 Å². The molecule has 2 aromatic rings. The summed E-state index contributed by atoms with van der Waals surface area (Å²) in [5.74, 6) is 0.468. The third-order valence-electron chi connectivity index (χ3n) is 6.63. The van der Waals surface area contributed by atoms with Crippen LogP contribution >= 0.6 is 0 Å². The van der Waals surface area contributed by atoms with E-state index < -0.39 is 5.67 Å². The summed E-state index contributed by atoms with van der Waals surface area (Å²) in [5.41, 5.74) is -0.237. The molecule has 4 rings (SSSR count). The Labute approximate surface area is 193 Å². The highest BCUT2D eigenvalue weighted by Gasteiger charge is 2.35. The fraction of sp³-hybridized carbons (Fsp3) is 0.583. The Kier molecular flexibility index (Phi) is 6.78. The first-order valence-electron chi connectivity index (χ1n) is 11.7. The lowest BCUT2D eigenvalue weighted by molar-refractivity contribution is -0.121. The molecule has 1 aromatic carbocycles. The highest BCUT2D eigenvalue weighted by molar-refractivity contribution is 5.91. The van der Waals surface area contributed by atoms with Crippen LogP contribution in [-0.2, 0) is 15.3 Å². The number of halogens is 1. The molecule has 1 aliphatic heterocycles. The number of carbonyl (C=O) groups is 2. The number of amides is 2. The van der Waals surface area contributed by atoms with Gasteiger partial charge in [-0.2, -0.15) is 0 Å². The monoisotopic (exact) mass is 456 g/mol. The van der Waals surface area contributed by atoms with Crippen LogP contribution in [0.1, 0.15) is 52.0 Å². The first kappa shape index (κ1) is 23.4. The average molecular weight is 457 g/mol. The molecule has 2 heterocycles. The maximum atomic E-state index is 14.4. The van der Waals surface area contributed by atoms with E-state index in [4.69, 9.17) is 0 Å². The lowest BCUT2D eigenvalue weighted by Gasteiger charge is -2.46. The van der Waals surface area contributed by atoms with E-state index in [2.05, 4.69) is 30.8 Å². The van der Waals surface area contributed by atoms with Crippen molar-refractivity contribution in [2.45, 2.75) is 70.2 Å². The molecule has 1 aromatic heterocycles. The topological polar surface area (TPSA) is 99.2 Å². The van der Waals surface area contributed by atoms with Gasteiger partial charge in [-0.15, -0.1) is 0 Å². The van der Waals surface area contributed by atoms with Crippen molar-refractivity contribution in [1.29, 1.82) is 0 Å². The molecule has 1 saturated carbocycles. The number of anilines is 1. The number of aromatic nitrogens is 2. The van der Waals surface area contributed by atoms with Crippen LogP contribution in [-0.4, -0.2) is 64.4 Å². The number of hydrogen-bond donors (Lipinski definition) is 3. The standard InChI is InChI=1S/C24H33FN6O2/c1-15(32)29-17-5-7-19(8-6-17)31-12-18(13-31)30-22(33)11-26-23-20-10-16(24(2,3)25)4-9-21(20)27-14-28-23/h4,9-10,14,17-19H,5-8,11-13H2,1-3H3,(H,29,32)(H,30,33)(H,26,27,28). The van der Waals surface area contributed by atoms with Crippen molar-refractivity contribution in [2.75, 3.05) is 25.0 Å². The van der Waals surface area contributed by atoms with Gasteiger partial charge in [-0.25, -0.2) is 14.4 Å². The van der Waals surface area contributed by atoms with E-state index in [0.29, 0.717) is 34.4 Å². The summed E-state index contributed by atoms with van der Waals surface area (Å²) in [6, 6.07) is 6.20. The van der Waals surface area contributed by atoms with Gasteiger partial charge in [0.2, 0.25) is 11.8 Å². The Morgan fingerprint density at radius 1 is 1.09 bits per heavy atom. The second kappa shape index (κ2) is 9.59. The van der Waals surface area contributed by atoms with Crippen LogP contribution in [0.25, 0.3) is 10.9 Å². The second-order valence-electron chi connectivity index (χ2n) is 9.70. The summed E-state index contributed by atoms with van der Waals surface area (Å²) < 4.78 is 14.4. The zero-order valence-electron chi connectivity index (χ0n) is 19.5. The van der Waals surface area contributed by atoms with E-state index in [1.807, 2.05) is 0 Å². The lowest BCUT2D eigenvalue weighted by Crippen LogP contribution is -2.63. The van der Waals surface area contributed by atoms with E-state index in [1.54, 1.807) is 25.1 Å². The summed E-state index contributed by atoms with van der Waals surface area (Å²) in [4.78, 5) is 34.6. The largest absolute Gasteiger partial charge is 0.360 e. The van der Waals surface area contributed by atoms with Gasteiger partial charge in [-0.1, -0.05) is 6.07 Å². The quantitative estimate of drug-likeness (QED) is 0.592. The first-order chi connectivity index (χ1) is 15.7. The van der Waals surface area contributed by atoms with Gasteiger partial charge in [-0.3, -0.25) is 14.5 Å². The molecular weight excluding hydrogens is 423 g/mol. The van der Waals surface area contributed by atoms with E-state index in [1.165, 1.54) is 20.2 Å². The molecule has 0 atom stereocenters. The number of hydrogen-bond acceptors (Lipinski definition) is 6. The molecule has 2 fully saturated rings. The van der Waals surface area contributed by atoms with Gasteiger partial charge in [0.25, 0.3) is 0 Å². The molecule has 178 valence electrons. The van der Waals surface area contributed by atoms with Gasteiger partial charge in [0.1, 0.15) is 17.8 Å². The van der Waals surface area contributed by atoms with Crippen LogP contribution in [0.3, 0.4) is 0 Å². The molecule has 0 bridgehead atoms. The minimum absolute atomic E-state index is 0.0421. The smallest absolute Gasteiger partial charge is 0.239 e. The minimum Gasteiger partial charge on any atom is -0.360 e. The highest BCUT2D eigenvalue weighted by atomic mass is 19.1. The van der Waals surface area contributed by atoms with Gasteiger partial charge >= 0.3 is 0 Å². The number of rotatable bonds is 7. The summed E-state index contributed by atoms with van der Waals surface area (Å²) in [7, 11) is 0. The van der Waals surface area contributed by atoms with Crippen molar-refractivity contribution < 1.29 is 14.0 Å². The van der Waals surface area contributed by atoms with E-state index >= 15 is 0 Å². The second-order valence-corrected chi connectivity index (χ2v) is 9.70. The molecule has 2 amide bonds. The molecule has 2 aliphatic rings. The predicted octanol–water partition coefficient (Wildman–Crippen LogP) is 2.49. The Morgan fingerprint density at radius 3 is 2.48 bits per heavy atom. The number of likely N-dealkylation sites (tertiary alicyclic amines) is 1. The zero-order chi connectivity index (χ0) is 23.6. The summed E-state index contributed by atoms with van der Waals surface area (Å²) in [6.07, 6.45) is 5.61. The maximum absolute atomic E-state index is 14.4. The molecule has 1 aliphatic carbocycles. The Hall–Kier alpha value is -2.81. The van der Waals surface area contributed by atoms with Crippen LogP contribution in [0, 0.1) is 0 Å². The average Bonchev–Trinajstić information content (AvgIpc) is 2.74. The van der Waals surface area contributed by atoms with Crippen molar-refractivity contribution in [3.8, 4) is 0 Å². The number of nitrogens with one attached hydrogen (secondary N) is 3. The molecule has 8 nitrogen and oxygen atoms in total.